The number of benzene rings is 1. The number of rotatable bonds is 5. The molecule has 0 aromatic heterocycles. The molecule has 2 fully saturated rings. The van der Waals surface area contributed by atoms with Gasteiger partial charge in [-0.15, -0.1) is 11.8 Å². The molecule has 1 aromatic carbocycles. The van der Waals surface area contributed by atoms with Crippen molar-refractivity contribution >= 4 is 35.2 Å². The van der Waals surface area contributed by atoms with Crippen molar-refractivity contribution in [2.45, 2.75) is 62.2 Å². The van der Waals surface area contributed by atoms with E-state index in [1.807, 2.05) is 83.2 Å². The van der Waals surface area contributed by atoms with Crippen molar-refractivity contribution in [3.05, 3.63) is 54.6 Å². The topological polar surface area (TPSA) is 81.2 Å². The molecule has 8 heteroatoms. The average molecular weight is 524 g/mol. The minimum absolute atomic E-state index is 0.0440. The van der Waals surface area contributed by atoms with Gasteiger partial charge in [-0.2, -0.15) is 0 Å². The van der Waals surface area contributed by atoms with E-state index in [0.717, 1.165) is 5.69 Å². The fraction of sp³-hybridized carbons (Fsp3) is 0.552. The summed E-state index contributed by atoms with van der Waals surface area (Å²) in [4.78, 5) is 48.3. The Bertz CT molecular complexity index is 1150. The van der Waals surface area contributed by atoms with Gasteiger partial charge in [-0.05, 0) is 38.8 Å². The van der Waals surface area contributed by atoms with E-state index in [9.17, 15) is 19.5 Å². The summed E-state index contributed by atoms with van der Waals surface area (Å²) < 4.78 is -1.56. The Kier molecular flexibility index (Phi) is 6.55. The smallest absolute Gasteiger partial charge is 0.247 e. The number of hydrogen-bond acceptors (Lipinski definition) is 5. The van der Waals surface area contributed by atoms with Crippen LogP contribution in [-0.4, -0.2) is 79.9 Å². The van der Waals surface area contributed by atoms with Crippen LogP contribution in [0.25, 0.3) is 0 Å². The van der Waals surface area contributed by atoms with E-state index in [2.05, 4.69) is 6.08 Å². The van der Waals surface area contributed by atoms with Crippen LogP contribution < -0.4 is 4.90 Å². The van der Waals surface area contributed by atoms with Crippen molar-refractivity contribution in [2.75, 3.05) is 24.6 Å². The van der Waals surface area contributed by atoms with Crippen LogP contribution >= 0.6 is 11.8 Å². The lowest BCUT2D eigenvalue weighted by Crippen LogP contribution is -2.58. The lowest BCUT2D eigenvalue weighted by Gasteiger charge is -2.41. The SMILES string of the molecule is CC(C)[C@H](CO)N1C(=O)[C@@H]2[C@@H]3C(=O)N(c4ccccc4)CC=C[C@]3(C)S[C@@]23C=CCN(C(C)C)C(=O)C13. The van der Waals surface area contributed by atoms with Crippen molar-refractivity contribution in [3.8, 4) is 0 Å². The Morgan fingerprint density at radius 1 is 0.946 bits per heavy atom. The number of nitrogens with zero attached hydrogens (tertiary/aromatic N) is 3. The minimum Gasteiger partial charge on any atom is -0.394 e. The van der Waals surface area contributed by atoms with Crippen molar-refractivity contribution in [3.63, 3.8) is 0 Å². The Labute approximate surface area is 223 Å². The molecule has 4 aliphatic rings. The highest BCUT2D eigenvalue weighted by Gasteiger charge is 2.74. The van der Waals surface area contributed by atoms with E-state index in [1.54, 1.807) is 26.5 Å². The largest absolute Gasteiger partial charge is 0.394 e. The van der Waals surface area contributed by atoms with Gasteiger partial charge >= 0.3 is 0 Å². The zero-order valence-electron chi connectivity index (χ0n) is 22.2. The monoisotopic (exact) mass is 523 g/mol. The second-order valence-electron chi connectivity index (χ2n) is 11.4. The van der Waals surface area contributed by atoms with Gasteiger partial charge in [0.2, 0.25) is 17.7 Å². The molecule has 4 aliphatic heterocycles. The number of anilines is 1. The number of hydrogen-bond donors (Lipinski definition) is 1. The summed E-state index contributed by atoms with van der Waals surface area (Å²) in [5.41, 5.74) is 0.792. The van der Waals surface area contributed by atoms with Gasteiger partial charge in [-0.3, -0.25) is 14.4 Å². The fourth-order valence-electron chi connectivity index (χ4n) is 6.76. The quantitative estimate of drug-likeness (QED) is 0.600. The van der Waals surface area contributed by atoms with Crippen molar-refractivity contribution in [1.82, 2.24) is 9.80 Å². The standard InChI is InChI=1S/C29H37N3O4S/c1-18(2)21(17-33)32-24-27(36)30(19(3)4)15-10-14-29(24)23(26(32)35)22-25(34)31(20-11-7-6-8-12-20)16-9-13-28(22,5)37-29/h6-14,18-19,21-24,33H,15-17H2,1-5H3/t21-,22+,23-,24?,28-,29-/m0/s1. The number of para-hydroxylation sites is 1. The molecule has 1 N–H and O–H groups in total. The lowest BCUT2D eigenvalue weighted by atomic mass is 9.74. The summed E-state index contributed by atoms with van der Waals surface area (Å²) in [6.45, 7) is 10.5. The van der Waals surface area contributed by atoms with Gasteiger partial charge in [0.25, 0.3) is 0 Å². The number of carbonyl (C=O) groups is 3. The molecule has 0 aliphatic carbocycles. The molecule has 5 rings (SSSR count). The van der Waals surface area contributed by atoms with Gasteiger partial charge in [-0.1, -0.05) is 56.4 Å². The van der Waals surface area contributed by atoms with Crippen molar-refractivity contribution in [1.29, 1.82) is 0 Å². The van der Waals surface area contributed by atoms with Crippen LogP contribution in [0.15, 0.2) is 54.6 Å². The zero-order chi connectivity index (χ0) is 26.7. The van der Waals surface area contributed by atoms with E-state index >= 15 is 0 Å². The van der Waals surface area contributed by atoms with Gasteiger partial charge in [0, 0.05) is 29.6 Å². The Morgan fingerprint density at radius 2 is 1.62 bits per heavy atom. The zero-order valence-corrected chi connectivity index (χ0v) is 23.0. The highest BCUT2D eigenvalue weighted by atomic mass is 32.2. The van der Waals surface area contributed by atoms with Gasteiger partial charge in [-0.25, -0.2) is 0 Å². The number of carbonyl (C=O) groups excluding carboxylic acids is 3. The summed E-state index contributed by atoms with van der Waals surface area (Å²) >= 11 is 1.58. The van der Waals surface area contributed by atoms with Gasteiger partial charge in [0.15, 0.2) is 0 Å². The number of amides is 3. The predicted molar refractivity (Wildman–Crippen MR) is 146 cm³/mol. The first-order chi connectivity index (χ1) is 17.6. The van der Waals surface area contributed by atoms with Crippen LogP contribution in [0.1, 0.15) is 34.6 Å². The van der Waals surface area contributed by atoms with Crippen LogP contribution in [0, 0.1) is 17.8 Å². The summed E-state index contributed by atoms with van der Waals surface area (Å²) in [7, 11) is 0. The van der Waals surface area contributed by atoms with Crippen LogP contribution in [0.3, 0.4) is 0 Å². The molecule has 0 bridgehead atoms. The van der Waals surface area contributed by atoms with Crippen LogP contribution in [0.4, 0.5) is 5.69 Å². The molecule has 37 heavy (non-hydrogen) atoms. The molecule has 1 aromatic rings. The molecule has 2 saturated heterocycles. The summed E-state index contributed by atoms with van der Waals surface area (Å²) in [5.74, 6) is -1.84. The maximum atomic E-state index is 14.5. The second-order valence-corrected chi connectivity index (χ2v) is 13.2. The summed E-state index contributed by atoms with van der Waals surface area (Å²) in [5, 5.41) is 10.4. The first-order valence-corrected chi connectivity index (χ1v) is 14.0. The molecule has 6 atom stereocenters. The van der Waals surface area contributed by atoms with Crippen molar-refractivity contribution in [2.24, 2.45) is 17.8 Å². The van der Waals surface area contributed by atoms with E-state index in [4.69, 9.17) is 0 Å². The number of likely N-dealkylation sites (tertiary alicyclic amines) is 1. The van der Waals surface area contributed by atoms with Crippen LogP contribution in [-0.2, 0) is 14.4 Å². The number of fused-ring (bicyclic) bond motifs is 2. The molecule has 3 amide bonds. The fourth-order valence-corrected chi connectivity index (χ4v) is 8.90. The third-order valence-corrected chi connectivity index (χ3v) is 10.3. The van der Waals surface area contributed by atoms with E-state index in [1.165, 1.54) is 0 Å². The Morgan fingerprint density at radius 3 is 2.24 bits per heavy atom. The minimum atomic E-state index is -0.904. The van der Waals surface area contributed by atoms with Crippen molar-refractivity contribution < 1.29 is 19.5 Å². The molecule has 1 unspecified atom stereocenters. The highest BCUT2D eigenvalue weighted by Crippen LogP contribution is 2.66. The van der Waals surface area contributed by atoms with E-state index in [0.29, 0.717) is 13.1 Å². The Balaban J connectivity index is 1.68. The molecular formula is C29H37N3O4S. The molecule has 4 heterocycles. The van der Waals surface area contributed by atoms with Gasteiger partial charge in [0.1, 0.15) is 6.04 Å². The maximum Gasteiger partial charge on any atom is 0.247 e. The maximum absolute atomic E-state index is 14.5. The normalized spacial score (nSPS) is 34.1. The van der Waals surface area contributed by atoms with E-state index < -0.39 is 33.4 Å². The third kappa shape index (κ3) is 3.78. The predicted octanol–water partition coefficient (Wildman–Crippen LogP) is 3.10. The lowest BCUT2D eigenvalue weighted by molar-refractivity contribution is -0.147. The van der Waals surface area contributed by atoms with Gasteiger partial charge in [0.05, 0.1) is 29.2 Å². The third-order valence-electron chi connectivity index (χ3n) is 8.53. The number of thioether (sulfide) groups is 1. The molecular weight excluding hydrogens is 486 g/mol. The number of aliphatic hydroxyl groups is 1. The van der Waals surface area contributed by atoms with Crippen LogP contribution in [0.5, 0.6) is 0 Å². The van der Waals surface area contributed by atoms with E-state index in [-0.39, 0.29) is 36.3 Å². The van der Waals surface area contributed by atoms with Gasteiger partial charge < -0.3 is 19.8 Å². The summed E-state index contributed by atoms with van der Waals surface area (Å²) in [6, 6.07) is 8.20. The average Bonchev–Trinajstić information content (AvgIpc) is 3.11. The summed E-state index contributed by atoms with van der Waals surface area (Å²) in [6.07, 6.45) is 8.12. The highest BCUT2D eigenvalue weighted by molar-refractivity contribution is 8.02. The Hall–Kier alpha value is -2.58. The molecule has 0 radical (unpaired) electrons. The molecule has 1 spiro atoms. The molecule has 7 nitrogen and oxygen atoms in total. The first kappa shape index (κ1) is 26.0. The van der Waals surface area contributed by atoms with Crippen LogP contribution in [0.2, 0.25) is 0 Å². The first-order valence-electron chi connectivity index (χ1n) is 13.2. The number of aliphatic hydroxyl groups excluding tert-OH is 1. The second kappa shape index (κ2) is 9.31. The molecule has 198 valence electrons. The molecule has 0 saturated carbocycles.